The Bertz CT molecular complexity index is 1910. The maximum atomic E-state index is 14.0. The van der Waals surface area contributed by atoms with E-state index >= 15 is 0 Å². The van der Waals surface area contributed by atoms with Gasteiger partial charge in [0.1, 0.15) is 10.8 Å². The van der Waals surface area contributed by atoms with Crippen molar-refractivity contribution in [3.8, 4) is 11.3 Å². The highest BCUT2D eigenvalue weighted by atomic mass is 35.5. The van der Waals surface area contributed by atoms with Crippen LogP contribution in [0.25, 0.3) is 27.7 Å². The second-order valence-corrected chi connectivity index (χ2v) is 9.40. The summed E-state index contributed by atoms with van der Waals surface area (Å²) in [4.78, 5) is 17.3. The van der Waals surface area contributed by atoms with Crippen molar-refractivity contribution in [3.05, 3.63) is 113 Å². The number of hydrogen-bond acceptors (Lipinski definition) is 4. The van der Waals surface area contributed by atoms with Crippen LogP contribution in [0, 0.1) is 5.82 Å². The second kappa shape index (κ2) is 9.76. The van der Waals surface area contributed by atoms with Crippen molar-refractivity contribution < 1.29 is 22.4 Å². The third kappa shape index (κ3) is 4.98. The summed E-state index contributed by atoms with van der Waals surface area (Å²) < 4.78 is 57.6. The Labute approximate surface area is 228 Å². The molecule has 0 atom stereocenters. The zero-order valence-electron chi connectivity index (χ0n) is 20.3. The molecule has 0 aliphatic rings. The van der Waals surface area contributed by atoms with Crippen LogP contribution >= 0.6 is 11.6 Å². The number of alkyl halides is 3. The van der Waals surface area contributed by atoms with Crippen LogP contribution < -0.4 is 5.32 Å². The molecule has 40 heavy (non-hydrogen) atoms. The molecule has 0 saturated heterocycles. The van der Waals surface area contributed by atoms with Gasteiger partial charge in [-0.15, -0.1) is 0 Å². The first-order chi connectivity index (χ1) is 19.1. The van der Waals surface area contributed by atoms with Gasteiger partial charge in [0.2, 0.25) is 0 Å². The van der Waals surface area contributed by atoms with Gasteiger partial charge in [-0.25, -0.2) is 13.9 Å². The van der Waals surface area contributed by atoms with Crippen molar-refractivity contribution >= 4 is 39.7 Å². The topological polar surface area (TPSA) is 77.1 Å². The lowest BCUT2D eigenvalue weighted by Crippen LogP contribution is -2.16. The average Bonchev–Trinajstić information content (AvgIpc) is 3.50. The number of carbonyl (C=O) groups is 1. The molecule has 0 unspecified atom stereocenters. The molecule has 6 rings (SSSR count). The van der Waals surface area contributed by atoms with Crippen LogP contribution in [0.2, 0.25) is 5.02 Å². The van der Waals surface area contributed by atoms with Gasteiger partial charge < -0.3 is 5.32 Å². The molecule has 0 spiro atoms. The Morgan fingerprint density at radius 3 is 2.50 bits per heavy atom. The number of nitrogens with one attached hydrogen (secondary N) is 1. The van der Waals surface area contributed by atoms with Gasteiger partial charge in [-0.05, 0) is 40.6 Å². The summed E-state index contributed by atoms with van der Waals surface area (Å²) in [7, 11) is 0. The summed E-state index contributed by atoms with van der Waals surface area (Å²) in [5.41, 5.74) is -0.385. The molecule has 3 aromatic heterocycles. The minimum Gasteiger partial charge on any atom is -0.302 e. The van der Waals surface area contributed by atoms with Gasteiger partial charge in [-0.2, -0.15) is 23.4 Å². The van der Waals surface area contributed by atoms with Gasteiger partial charge >= 0.3 is 6.18 Å². The molecule has 0 fully saturated rings. The normalized spacial score (nSPS) is 11.8. The zero-order chi connectivity index (χ0) is 28.0. The van der Waals surface area contributed by atoms with Crippen LogP contribution in [-0.4, -0.2) is 30.3 Å². The number of fused-ring (bicyclic) bond motifs is 2. The largest absolute Gasteiger partial charge is 0.433 e. The van der Waals surface area contributed by atoms with Crippen LogP contribution in [0.4, 0.5) is 23.4 Å². The van der Waals surface area contributed by atoms with E-state index in [2.05, 4.69) is 20.5 Å². The van der Waals surface area contributed by atoms with Crippen LogP contribution in [0.3, 0.4) is 0 Å². The molecule has 6 aromatic rings. The van der Waals surface area contributed by atoms with E-state index in [1.165, 1.54) is 23.0 Å². The van der Waals surface area contributed by atoms with Crippen molar-refractivity contribution in [1.82, 2.24) is 24.4 Å². The Hall–Kier alpha value is -4.77. The molecule has 1 N–H and O–H groups in total. The van der Waals surface area contributed by atoms with E-state index in [1.54, 1.807) is 30.3 Å². The highest BCUT2D eigenvalue weighted by molar-refractivity contribution is 6.33. The molecule has 1 amide bonds. The molecule has 0 aliphatic heterocycles. The van der Waals surface area contributed by atoms with Gasteiger partial charge in [0.25, 0.3) is 5.91 Å². The van der Waals surface area contributed by atoms with E-state index in [9.17, 15) is 22.4 Å². The number of rotatable bonds is 5. The van der Waals surface area contributed by atoms with Gasteiger partial charge in [-0.1, -0.05) is 60.1 Å². The molecule has 0 aliphatic carbocycles. The number of hydrogen-bond donors (Lipinski definition) is 1. The summed E-state index contributed by atoms with van der Waals surface area (Å²) in [6.07, 6.45) is -3.34. The number of halogens is 5. The first-order valence-electron chi connectivity index (χ1n) is 11.9. The average molecular weight is 565 g/mol. The smallest absolute Gasteiger partial charge is 0.302 e. The molecular formula is C28H17ClF4N6O. The summed E-state index contributed by atoms with van der Waals surface area (Å²) in [6.45, 7) is 0.179. The summed E-state index contributed by atoms with van der Waals surface area (Å²) in [6, 6.07) is 20.7. The first-order valence-corrected chi connectivity index (χ1v) is 12.3. The van der Waals surface area contributed by atoms with Gasteiger partial charge in [-0.3, -0.25) is 9.48 Å². The molecule has 12 heteroatoms. The van der Waals surface area contributed by atoms with Crippen molar-refractivity contribution in [2.24, 2.45) is 0 Å². The third-order valence-corrected chi connectivity index (χ3v) is 6.45. The molecule has 0 saturated carbocycles. The summed E-state index contributed by atoms with van der Waals surface area (Å²) in [5.74, 6) is -1.27. The quantitative estimate of drug-likeness (QED) is 0.232. The fourth-order valence-corrected chi connectivity index (χ4v) is 4.54. The van der Waals surface area contributed by atoms with E-state index in [4.69, 9.17) is 11.6 Å². The monoisotopic (exact) mass is 564 g/mol. The maximum absolute atomic E-state index is 14.0. The standard InChI is InChI=1S/C28H17ClF4N6O/c29-21-15-38(14-16-4-3-7-20(30)10-16)37-26(21)35-27(40)23-13-25-34-22(12-24(28(31,32)33)39(25)36-23)19-9-8-17-5-1-2-6-18(17)11-19/h1-13,15H,14H2,(H,35,37,40). The predicted octanol–water partition coefficient (Wildman–Crippen LogP) is 6.86. The minimum absolute atomic E-state index is 0.0269. The Kier molecular flexibility index (Phi) is 6.22. The fraction of sp³-hybridized carbons (Fsp3) is 0.0714. The fourth-order valence-electron chi connectivity index (χ4n) is 4.34. The third-order valence-electron chi connectivity index (χ3n) is 6.18. The Morgan fingerprint density at radius 2 is 1.73 bits per heavy atom. The number of carbonyl (C=O) groups excluding carboxylic acids is 1. The van der Waals surface area contributed by atoms with Crippen molar-refractivity contribution in [3.63, 3.8) is 0 Å². The SMILES string of the molecule is O=C(Nc1nn(Cc2cccc(F)c2)cc1Cl)c1cc2nc(-c3ccc4ccccc4c3)cc(C(F)(F)F)n2n1. The molecule has 7 nitrogen and oxygen atoms in total. The Balaban J connectivity index is 1.32. The van der Waals surface area contributed by atoms with Crippen LogP contribution in [-0.2, 0) is 12.7 Å². The predicted molar refractivity (Wildman–Crippen MR) is 142 cm³/mol. The van der Waals surface area contributed by atoms with Gasteiger partial charge in [0, 0.05) is 17.8 Å². The van der Waals surface area contributed by atoms with Gasteiger partial charge in [0.15, 0.2) is 22.9 Å². The van der Waals surface area contributed by atoms with E-state index in [-0.39, 0.29) is 34.4 Å². The summed E-state index contributed by atoms with van der Waals surface area (Å²) in [5, 5.41) is 12.4. The number of amides is 1. The molecule has 0 bridgehead atoms. The van der Waals surface area contributed by atoms with E-state index < -0.39 is 23.6 Å². The highest BCUT2D eigenvalue weighted by Gasteiger charge is 2.35. The van der Waals surface area contributed by atoms with Crippen molar-refractivity contribution in [2.45, 2.75) is 12.7 Å². The lowest BCUT2D eigenvalue weighted by Gasteiger charge is -2.11. The van der Waals surface area contributed by atoms with E-state index in [0.717, 1.165) is 22.9 Å². The Morgan fingerprint density at radius 1 is 0.925 bits per heavy atom. The highest BCUT2D eigenvalue weighted by Crippen LogP contribution is 2.33. The number of benzene rings is 3. The van der Waals surface area contributed by atoms with E-state index in [0.29, 0.717) is 15.6 Å². The molecular weight excluding hydrogens is 548 g/mol. The lowest BCUT2D eigenvalue weighted by molar-refractivity contribution is -0.142. The molecule has 3 aromatic carbocycles. The number of nitrogens with zero attached hydrogens (tertiary/aromatic N) is 5. The second-order valence-electron chi connectivity index (χ2n) is 8.99. The van der Waals surface area contributed by atoms with Crippen LogP contribution in [0.15, 0.2) is 85.1 Å². The lowest BCUT2D eigenvalue weighted by atomic mass is 10.0. The maximum Gasteiger partial charge on any atom is 0.433 e. The van der Waals surface area contributed by atoms with Gasteiger partial charge in [0.05, 0.1) is 12.2 Å². The number of aromatic nitrogens is 5. The van der Waals surface area contributed by atoms with Crippen LogP contribution in [0.1, 0.15) is 21.7 Å². The van der Waals surface area contributed by atoms with Crippen LogP contribution in [0.5, 0.6) is 0 Å². The summed E-state index contributed by atoms with van der Waals surface area (Å²) >= 11 is 6.21. The molecule has 200 valence electrons. The molecule has 0 radical (unpaired) electrons. The zero-order valence-corrected chi connectivity index (χ0v) is 21.1. The minimum atomic E-state index is -4.77. The first kappa shape index (κ1) is 25.5. The van der Waals surface area contributed by atoms with Crippen molar-refractivity contribution in [2.75, 3.05) is 5.32 Å². The molecule has 3 heterocycles. The number of anilines is 1. The van der Waals surface area contributed by atoms with E-state index in [1.807, 2.05) is 24.3 Å². The van der Waals surface area contributed by atoms with Crippen molar-refractivity contribution in [1.29, 1.82) is 0 Å².